The van der Waals surface area contributed by atoms with Gasteiger partial charge in [-0.25, -0.2) is 4.99 Å². The Morgan fingerprint density at radius 3 is 2.53 bits per heavy atom. The molecule has 0 fully saturated rings. The molecule has 2 rings (SSSR count). The maximum atomic E-state index is 5.92. The molecule has 0 aliphatic carbocycles. The second-order valence-electron chi connectivity index (χ2n) is 3.17. The van der Waals surface area contributed by atoms with Crippen molar-refractivity contribution in [2.24, 2.45) is 16.5 Å². The van der Waals surface area contributed by atoms with Gasteiger partial charge in [0, 0.05) is 15.5 Å². The van der Waals surface area contributed by atoms with Gasteiger partial charge in [0.15, 0.2) is 0 Å². The van der Waals surface area contributed by atoms with Crippen molar-refractivity contribution in [1.29, 1.82) is 0 Å². The number of anilines is 1. The highest BCUT2D eigenvalue weighted by atomic mass is 127. The molecule has 78 valence electrons. The molecule has 1 atom stereocenters. The first-order valence-corrected chi connectivity index (χ1v) is 5.56. The minimum atomic E-state index is -0.248. The average Bonchev–Trinajstić information content (AvgIpc) is 2.20. The van der Waals surface area contributed by atoms with Crippen LogP contribution in [0.25, 0.3) is 0 Å². The van der Waals surface area contributed by atoms with Gasteiger partial charge in [-0.15, -0.1) is 0 Å². The van der Waals surface area contributed by atoms with E-state index < -0.39 is 0 Å². The lowest BCUT2D eigenvalue weighted by Gasteiger charge is -2.29. The molecule has 0 saturated heterocycles. The normalized spacial score (nSPS) is 20.3. The number of hydrogen-bond donors (Lipinski definition) is 2. The Hall–Kier alpha value is -1.08. The minimum absolute atomic E-state index is 0.248. The number of rotatable bonds is 1. The third-order valence-corrected chi connectivity index (χ3v) is 2.86. The number of nitrogens with zero attached hydrogens (tertiary/aromatic N) is 2. The molecule has 1 unspecified atom stereocenters. The molecule has 0 amide bonds. The third-order valence-electron chi connectivity index (χ3n) is 2.14. The predicted octanol–water partition coefficient (Wildman–Crippen LogP) is 1.22. The fourth-order valence-electron chi connectivity index (χ4n) is 1.41. The molecule has 1 heterocycles. The molecule has 1 aliphatic heterocycles. The van der Waals surface area contributed by atoms with Gasteiger partial charge in [-0.2, -0.15) is 0 Å². The van der Waals surface area contributed by atoms with Crippen LogP contribution in [-0.4, -0.2) is 12.1 Å². The van der Waals surface area contributed by atoms with E-state index in [2.05, 4.69) is 27.6 Å². The first kappa shape index (κ1) is 10.4. The predicted molar refractivity (Wildman–Crippen MR) is 70.4 cm³/mol. The molecule has 5 heteroatoms. The molecule has 4 N–H and O–H groups in total. The van der Waals surface area contributed by atoms with Gasteiger partial charge in [0.1, 0.15) is 6.17 Å². The van der Waals surface area contributed by atoms with Gasteiger partial charge in [-0.3, -0.25) is 4.90 Å². The second-order valence-corrected chi connectivity index (χ2v) is 4.41. The van der Waals surface area contributed by atoms with Crippen LogP contribution in [0.5, 0.6) is 0 Å². The lowest BCUT2D eigenvalue weighted by atomic mass is 10.2. The highest BCUT2D eigenvalue weighted by Crippen LogP contribution is 2.19. The van der Waals surface area contributed by atoms with Crippen LogP contribution in [0.1, 0.15) is 0 Å². The maximum absolute atomic E-state index is 5.92. The van der Waals surface area contributed by atoms with Crippen LogP contribution in [0.4, 0.5) is 5.69 Å². The van der Waals surface area contributed by atoms with Gasteiger partial charge < -0.3 is 11.5 Å². The standard InChI is InChI=1S/C10H11IN4/c11-7-1-3-8(4-2-7)15-9(12)5-6-14-10(15)13/h1-6,9H,12H2,(H2,13,14). The van der Waals surface area contributed by atoms with Gasteiger partial charge in [-0.05, 0) is 52.9 Å². The highest BCUT2D eigenvalue weighted by molar-refractivity contribution is 14.1. The quantitative estimate of drug-likeness (QED) is 0.766. The van der Waals surface area contributed by atoms with Crippen molar-refractivity contribution >= 4 is 34.2 Å². The van der Waals surface area contributed by atoms with Crippen molar-refractivity contribution in [3.63, 3.8) is 0 Å². The summed E-state index contributed by atoms with van der Waals surface area (Å²) < 4.78 is 1.17. The van der Waals surface area contributed by atoms with Crippen LogP contribution in [0.3, 0.4) is 0 Å². The van der Waals surface area contributed by atoms with Crippen molar-refractivity contribution in [2.45, 2.75) is 6.17 Å². The zero-order chi connectivity index (χ0) is 10.8. The Labute approximate surface area is 102 Å². The summed E-state index contributed by atoms with van der Waals surface area (Å²) in [7, 11) is 0. The van der Waals surface area contributed by atoms with Crippen LogP contribution in [0, 0.1) is 3.57 Å². The highest BCUT2D eigenvalue weighted by Gasteiger charge is 2.18. The van der Waals surface area contributed by atoms with Gasteiger partial charge in [0.2, 0.25) is 5.96 Å². The van der Waals surface area contributed by atoms with Gasteiger partial charge in [0.25, 0.3) is 0 Å². The molecule has 0 aromatic heterocycles. The molecule has 1 aliphatic rings. The van der Waals surface area contributed by atoms with E-state index in [0.29, 0.717) is 5.96 Å². The second kappa shape index (κ2) is 4.19. The van der Waals surface area contributed by atoms with E-state index >= 15 is 0 Å². The molecule has 1 aromatic rings. The average molecular weight is 314 g/mol. The van der Waals surface area contributed by atoms with Crippen molar-refractivity contribution in [1.82, 2.24) is 0 Å². The zero-order valence-corrected chi connectivity index (χ0v) is 10.1. The van der Waals surface area contributed by atoms with Crippen LogP contribution < -0.4 is 16.4 Å². The summed E-state index contributed by atoms with van der Waals surface area (Å²) in [5, 5.41) is 0. The smallest absolute Gasteiger partial charge is 0.202 e. The van der Waals surface area contributed by atoms with Crippen LogP contribution in [0.15, 0.2) is 41.5 Å². The topological polar surface area (TPSA) is 67.6 Å². The number of halogens is 1. The van der Waals surface area contributed by atoms with E-state index in [-0.39, 0.29) is 6.17 Å². The van der Waals surface area contributed by atoms with Crippen molar-refractivity contribution in [2.75, 3.05) is 4.90 Å². The molecule has 1 aromatic carbocycles. The summed E-state index contributed by atoms with van der Waals surface area (Å²) in [5.74, 6) is 0.422. The van der Waals surface area contributed by atoms with E-state index in [1.165, 1.54) is 3.57 Å². The zero-order valence-electron chi connectivity index (χ0n) is 7.97. The Morgan fingerprint density at radius 1 is 1.27 bits per heavy atom. The molecule has 0 saturated carbocycles. The summed E-state index contributed by atoms with van der Waals surface area (Å²) in [6, 6.07) is 7.97. The van der Waals surface area contributed by atoms with Gasteiger partial charge >= 0.3 is 0 Å². The van der Waals surface area contributed by atoms with E-state index in [1.807, 2.05) is 24.3 Å². The Balaban J connectivity index is 2.34. The van der Waals surface area contributed by atoms with Crippen LogP contribution >= 0.6 is 22.6 Å². The van der Waals surface area contributed by atoms with E-state index in [4.69, 9.17) is 11.5 Å². The molecule has 15 heavy (non-hydrogen) atoms. The number of aliphatic imine (C=N–C) groups is 1. The van der Waals surface area contributed by atoms with E-state index in [0.717, 1.165) is 5.69 Å². The molecule has 0 radical (unpaired) electrons. The largest absolute Gasteiger partial charge is 0.369 e. The third kappa shape index (κ3) is 2.13. The number of hydrogen-bond acceptors (Lipinski definition) is 4. The first-order valence-electron chi connectivity index (χ1n) is 4.49. The van der Waals surface area contributed by atoms with Crippen LogP contribution in [-0.2, 0) is 0 Å². The summed E-state index contributed by atoms with van der Waals surface area (Å²) in [4.78, 5) is 5.81. The number of nitrogens with two attached hydrogens (primary N) is 2. The fraction of sp³-hybridized carbons (Fsp3) is 0.100. The summed E-state index contributed by atoms with van der Waals surface area (Å²) in [6.07, 6.45) is 3.18. The number of benzene rings is 1. The minimum Gasteiger partial charge on any atom is -0.369 e. The van der Waals surface area contributed by atoms with Crippen molar-refractivity contribution in [3.8, 4) is 0 Å². The maximum Gasteiger partial charge on any atom is 0.202 e. The number of guanidine groups is 1. The van der Waals surface area contributed by atoms with Crippen LogP contribution in [0.2, 0.25) is 0 Å². The van der Waals surface area contributed by atoms with Gasteiger partial charge in [-0.1, -0.05) is 0 Å². The fourth-order valence-corrected chi connectivity index (χ4v) is 1.77. The lowest BCUT2D eigenvalue weighted by Crippen LogP contribution is -2.50. The lowest BCUT2D eigenvalue weighted by molar-refractivity contribution is 0.823. The summed E-state index contributed by atoms with van der Waals surface area (Å²) in [5.41, 5.74) is 12.7. The van der Waals surface area contributed by atoms with Crippen molar-refractivity contribution in [3.05, 3.63) is 40.1 Å². The van der Waals surface area contributed by atoms with E-state index in [1.54, 1.807) is 17.2 Å². The Bertz CT molecular complexity index is 410. The SMILES string of the molecule is NC1=NC=CC(N)N1c1ccc(I)cc1. The molecular formula is C10H11IN4. The van der Waals surface area contributed by atoms with Crippen molar-refractivity contribution < 1.29 is 0 Å². The first-order chi connectivity index (χ1) is 7.18. The van der Waals surface area contributed by atoms with E-state index in [9.17, 15) is 0 Å². The Morgan fingerprint density at radius 2 is 1.93 bits per heavy atom. The summed E-state index contributed by atoms with van der Waals surface area (Å²) in [6.45, 7) is 0. The Kier molecular flexibility index (Phi) is 2.92. The molecular weight excluding hydrogens is 303 g/mol. The van der Waals surface area contributed by atoms with Gasteiger partial charge in [0.05, 0.1) is 0 Å². The molecule has 0 bridgehead atoms. The molecule has 0 spiro atoms. The molecule has 4 nitrogen and oxygen atoms in total. The summed E-state index contributed by atoms with van der Waals surface area (Å²) >= 11 is 2.25. The monoisotopic (exact) mass is 314 g/mol.